The number of aryl methyl sites for hydroxylation is 1. The molecule has 0 radical (unpaired) electrons. The van der Waals surface area contributed by atoms with E-state index in [0.29, 0.717) is 55.8 Å². The number of hydrogen-bond donors (Lipinski definition) is 3. The molecule has 3 rings (SSSR count). The highest BCUT2D eigenvalue weighted by Gasteiger charge is 2.28. The summed E-state index contributed by atoms with van der Waals surface area (Å²) in [4.78, 5) is 24.7. The van der Waals surface area contributed by atoms with Crippen molar-refractivity contribution in [1.29, 1.82) is 0 Å². The number of aliphatic hydroxyl groups excluding tert-OH is 1. The summed E-state index contributed by atoms with van der Waals surface area (Å²) < 4.78 is 13.4. The number of nitrogens with one attached hydrogen (secondary N) is 2. The molecule has 0 aliphatic carbocycles. The Morgan fingerprint density at radius 3 is 2.69 bits per heavy atom. The van der Waals surface area contributed by atoms with E-state index >= 15 is 0 Å². The highest BCUT2D eigenvalue weighted by molar-refractivity contribution is 5.96. The number of aliphatic hydroxyl groups is 1. The van der Waals surface area contributed by atoms with Crippen molar-refractivity contribution in [3.8, 4) is 0 Å². The van der Waals surface area contributed by atoms with Gasteiger partial charge in [-0.15, -0.1) is 0 Å². The molecule has 2 aromatic rings. The van der Waals surface area contributed by atoms with Gasteiger partial charge in [0, 0.05) is 49.9 Å². The molecule has 9 nitrogen and oxygen atoms in total. The maximum absolute atomic E-state index is 13.0. The number of rotatable bonds is 8. The lowest BCUT2D eigenvalue weighted by molar-refractivity contribution is -0.127. The first-order chi connectivity index (χ1) is 16.8. The van der Waals surface area contributed by atoms with Gasteiger partial charge in [0.15, 0.2) is 6.29 Å². The summed E-state index contributed by atoms with van der Waals surface area (Å²) in [6, 6.07) is 6.67. The van der Waals surface area contributed by atoms with Crippen LogP contribution in [-0.2, 0) is 28.9 Å². The predicted octanol–water partition coefficient (Wildman–Crippen LogP) is 2.62. The quantitative estimate of drug-likeness (QED) is 0.494. The van der Waals surface area contributed by atoms with Gasteiger partial charge >= 0.3 is 0 Å². The van der Waals surface area contributed by atoms with E-state index in [-0.39, 0.29) is 23.8 Å². The molecule has 35 heavy (non-hydrogen) atoms. The summed E-state index contributed by atoms with van der Waals surface area (Å²) in [6.45, 7) is 8.78. The van der Waals surface area contributed by atoms with Crippen LogP contribution in [0.1, 0.15) is 77.6 Å². The van der Waals surface area contributed by atoms with Crippen LogP contribution in [0, 0.1) is 5.41 Å². The molecule has 0 fully saturated rings. The van der Waals surface area contributed by atoms with E-state index in [1.807, 2.05) is 25.5 Å². The standard InChI is InChI=1S/C26H38N4O5/c1-5-20-22-21(8-6-14-34-15-7-13-28-24(22)32)30(29-20)16-26(2,3)17-35-25(33)19-11-9-18(10-12-19)23(31)27-4/h9-12,25,33H,5-8,13-17H2,1-4H3,(H,27,31)(H,28,32). The third kappa shape index (κ3) is 7.13. The lowest BCUT2D eigenvalue weighted by atomic mass is 9.94. The Morgan fingerprint density at radius 2 is 2.00 bits per heavy atom. The molecule has 1 unspecified atom stereocenters. The summed E-state index contributed by atoms with van der Waals surface area (Å²) >= 11 is 0. The van der Waals surface area contributed by atoms with Crippen LogP contribution in [0.4, 0.5) is 0 Å². The van der Waals surface area contributed by atoms with Crippen LogP contribution in [0.25, 0.3) is 0 Å². The maximum Gasteiger partial charge on any atom is 0.255 e. The van der Waals surface area contributed by atoms with Crippen LogP contribution in [0.5, 0.6) is 0 Å². The van der Waals surface area contributed by atoms with E-state index in [9.17, 15) is 14.7 Å². The monoisotopic (exact) mass is 486 g/mol. The molecule has 0 spiro atoms. The number of carbonyl (C=O) groups is 2. The van der Waals surface area contributed by atoms with Gasteiger partial charge in [0.25, 0.3) is 11.8 Å². The van der Waals surface area contributed by atoms with Gasteiger partial charge in [-0.2, -0.15) is 5.10 Å². The van der Waals surface area contributed by atoms with Crippen molar-refractivity contribution in [2.75, 3.05) is 33.4 Å². The molecule has 1 atom stereocenters. The smallest absolute Gasteiger partial charge is 0.255 e. The molecular weight excluding hydrogens is 448 g/mol. The Morgan fingerprint density at radius 1 is 1.29 bits per heavy atom. The van der Waals surface area contributed by atoms with E-state index in [1.54, 1.807) is 31.3 Å². The maximum atomic E-state index is 13.0. The average Bonchev–Trinajstić information content (AvgIpc) is 3.17. The molecule has 9 heteroatoms. The third-order valence-electron chi connectivity index (χ3n) is 6.04. The van der Waals surface area contributed by atoms with E-state index in [4.69, 9.17) is 14.6 Å². The second-order valence-electron chi connectivity index (χ2n) is 9.63. The number of amides is 2. The first-order valence-electron chi connectivity index (χ1n) is 12.3. The summed E-state index contributed by atoms with van der Waals surface area (Å²) in [6.07, 6.45) is 1.86. The van der Waals surface area contributed by atoms with Gasteiger partial charge in [0.2, 0.25) is 0 Å². The number of benzene rings is 1. The van der Waals surface area contributed by atoms with Gasteiger partial charge in [-0.05, 0) is 37.8 Å². The van der Waals surface area contributed by atoms with Gasteiger partial charge in [-0.1, -0.05) is 32.9 Å². The lowest BCUT2D eigenvalue weighted by Gasteiger charge is -2.27. The summed E-state index contributed by atoms with van der Waals surface area (Å²) in [7, 11) is 1.57. The zero-order valence-electron chi connectivity index (χ0n) is 21.2. The van der Waals surface area contributed by atoms with E-state index in [0.717, 1.165) is 24.2 Å². The second kappa shape index (κ2) is 12.3. The Labute approximate surface area is 207 Å². The topological polar surface area (TPSA) is 115 Å². The summed E-state index contributed by atoms with van der Waals surface area (Å²) in [5.41, 5.74) is 3.12. The normalized spacial score (nSPS) is 16.1. The van der Waals surface area contributed by atoms with Crippen LogP contribution in [0.3, 0.4) is 0 Å². The van der Waals surface area contributed by atoms with Gasteiger partial charge in [-0.25, -0.2) is 0 Å². The lowest BCUT2D eigenvalue weighted by Crippen LogP contribution is -2.29. The third-order valence-corrected chi connectivity index (χ3v) is 6.04. The molecule has 0 bridgehead atoms. The molecule has 1 aliphatic rings. The largest absolute Gasteiger partial charge is 0.381 e. The first kappa shape index (κ1) is 26.8. The van der Waals surface area contributed by atoms with Crippen molar-refractivity contribution in [3.63, 3.8) is 0 Å². The van der Waals surface area contributed by atoms with Crippen LogP contribution >= 0.6 is 0 Å². The number of fused-ring (bicyclic) bond motifs is 1. The van der Waals surface area contributed by atoms with Gasteiger partial charge < -0.3 is 25.2 Å². The fourth-order valence-corrected chi connectivity index (χ4v) is 4.15. The van der Waals surface area contributed by atoms with Crippen LogP contribution in [0.2, 0.25) is 0 Å². The Hall–Kier alpha value is -2.75. The summed E-state index contributed by atoms with van der Waals surface area (Å²) in [5.74, 6) is -0.259. The molecular formula is C26H38N4O5. The van der Waals surface area contributed by atoms with Crippen molar-refractivity contribution in [3.05, 3.63) is 52.3 Å². The SMILES string of the molecule is CCc1nn(CC(C)(C)COC(O)c2ccc(C(=O)NC)cc2)c2c1C(=O)NCCCOCCC2. The number of hydrogen-bond acceptors (Lipinski definition) is 6. The highest BCUT2D eigenvalue weighted by atomic mass is 16.6. The Kier molecular flexibility index (Phi) is 9.42. The van der Waals surface area contributed by atoms with Gasteiger partial charge in [-0.3, -0.25) is 14.3 Å². The molecule has 1 aromatic carbocycles. The van der Waals surface area contributed by atoms with Crippen molar-refractivity contribution in [1.82, 2.24) is 20.4 Å². The fraction of sp³-hybridized carbons (Fsp3) is 0.577. The molecule has 1 aromatic heterocycles. The first-order valence-corrected chi connectivity index (χ1v) is 12.3. The molecule has 192 valence electrons. The van der Waals surface area contributed by atoms with Crippen molar-refractivity contribution in [2.45, 2.75) is 59.3 Å². The zero-order chi connectivity index (χ0) is 25.4. The van der Waals surface area contributed by atoms with Crippen molar-refractivity contribution >= 4 is 11.8 Å². The molecule has 1 aliphatic heterocycles. The minimum atomic E-state index is -1.11. The highest BCUT2D eigenvalue weighted by Crippen LogP contribution is 2.26. The number of ether oxygens (including phenoxy) is 2. The molecule has 0 saturated carbocycles. The van der Waals surface area contributed by atoms with E-state index in [1.165, 1.54) is 0 Å². The minimum Gasteiger partial charge on any atom is -0.381 e. The van der Waals surface area contributed by atoms with Crippen molar-refractivity contribution < 1.29 is 24.2 Å². The van der Waals surface area contributed by atoms with Gasteiger partial charge in [0.05, 0.1) is 23.6 Å². The van der Waals surface area contributed by atoms with Gasteiger partial charge in [0.1, 0.15) is 0 Å². The Bertz CT molecular complexity index is 1000. The van der Waals surface area contributed by atoms with E-state index in [2.05, 4.69) is 10.6 Å². The minimum absolute atomic E-state index is 0.0744. The molecule has 2 amide bonds. The van der Waals surface area contributed by atoms with Crippen LogP contribution < -0.4 is 10.6 Å². The fourth-order valence-electron chi connectivity index (χ4n) is 4.15. The number of nitrogens with zero attached hydrogens (tertiary/aromatic N) is 2. The number of carbonyl (C=O) groups excluding carboxylic acids is 2. The second-order valence-corrected chi connectivity index (χ2v) is 9.63. The number of aromatic nitrogens is 2. The Balaban J connectivity index is 1.72. The molecule has 0 saturated heterocycles. The van der Waals surface area contributed by atoms with Crippen molar-refractivity contribution in [2.24, 2.45) is 5.41 Å². The molecule has 2 heterocycles. The zero-order valence-corrected chi connectivity index (χ0v) is 21.2. The van der Waals surface area contributed by atoms with Crippen LogP contribution in [-0.4, -0.2) is 60.1 Å². The summed E-state index contributed by atoms with van der Waals surface area (Å²) in [5, 5.41) is 20.9. The predicted molar refractivity (Wildman–Crippen MR) is 132 cm³/mol. The average molecular weight is 487 g/mol. The van der Waals surface area contributed by atoms with Crippen LogP contribution in [0.15, 0.2) is 24.3 Å². The van der Waals surface area contributed by atoms with E-state index < -0.39 is 6.29 Å². The molecule has 3 N–H and O–H groups in total.